The average molecular weight is 245 g/mol. The van der Waals surface area contributed by atoms with Crippen LogP contribution in [0.2, 0.25) is 0 Å². The minimum absolute atomic E-state index is 0.00907. The van der Waals surface area contributed by atoms with E-state index < -0.39 is 23.3 Å². The topological polar surface area (TPSA) is 104 Å². The molecule has 2 aromatic rings. The van der Waals surface area contributed by atoms with Crippen molar-refractivity contribution in [3.05, 3.63) is 23.5 Å². The van der Waals surface area contributed by atoms with E-state index in [0.29, 0.717) is 0 Å². The van der Waals surface area contributed by atoms with Gasteiger partial charge in [0.25, 0.3) is 11.8 Å². The van der Waals surface area contributed by atoms with E-state index in [1.165, 1.54) is 19.4 Å². The van der Waals surface area contributed by atoms with Crippen LogP contribution in [-0.4, -0.2) is 43.9 Å². The Hall–Kier alpha value is -2.70. The number of amides is 2. The number of aromatic nitrogens is 2. The first-order valence-corrected chi connectivity index (χ1v) is 5.05. The molecular formula is C11H7N3O4. The van der Waals surface area contributed by atoms with Crippen molar-refractivity contribution < 1.29 is 19.8 Å². The van der Waals surface area contributed by atoms with Crippen LogP contribution in [0.1, 0.15) is 20.7 Å². The van der Waals surface area contributed by atoms with E-state index in [-0.39, 0.29) is 22.2 Å². The number of phenols is 2. The summed E-state index contributed by atoms with van der Waals surface area (Å²) in [5, 5.41) is 20.0. The molecule has 0 atom stereocenters. The van der Waals surface area contributed by atoms with Gasteiger partial charge >= 0.3 is 0 Å². The smallest absolute Gasteiger partial charge is 0.265 e. The maximum absolute atomic E-state index is 11.8. The van der Waals surface area contributed by atoms with Gasteiger partial charge in [-0.05, 0) is 0 Å². The summed E-state index contributed by atoms with van der Waals surface area (Å²) >= 11 is 0. The Labute approximate surface area is 100 Å². The highest BCUT2D eigenvalue weighted by Gasteiger charge is 2.40. The second-order valence-corrected chi connectivity index (χ2v) is 3.87. The standard InChI is InChI=1S/C11H7N3O4/c1-14-10(17)4-5(11(14)18)9(16)7-6(8(4)15)12-2-3-13-7/h2-3,15-16H,1H3. The number of fused-ring (bicyclic) bond motifs is 2. The number of carbonyl (C=O) groups is 2. The lowest BCUT2D eigenvalue weighted by molar-refractivity contribution is 0.0692. The fourth-order valence-electron chi connectivity index (χ4n) is 2.00. The highest BCUT2D eigenvalue weighted by atomic mass is 16.3. The van der Waals surface area contributed by atoms with Crippen molar-refractivity contribution in [2.45, 2.75) is 0 Å². The predicted molar refractivity (Wildman–Crippen MR) is 59.3 cm³/mol. The van der Waals surface area contributed by atoms with E-state index in [0.717, 1.165) is 4.90 Å². The molecule has 0 bridgehead atoms. The van der Waals surface area contributed by atoms with Gasteiger partial charge in [-0.3, -0.25) is 14.5 Å². The van der Waals surface area contributed by atoms with E-state index in [9.17, 15) is 19.8 Å². The van der Waals surface area contributed by atoms with E-state index in [4.69, 9.17) is 0 Å². The summed E-state index contributed by atoms with van der Waals surface area (Å²) in [4.78, 5) is 32.1. The molecule has 2 heterocycles. The van der Waals surface area contributed by atoms with Crippen LogP contribution in [0.5, 0.6) is 11.5 Å². The number of hydrogen-bond donors (Lipinski definition) is 2. The van der Waals surface area contributed by atoms with Crippen LogP contribution >= 0.6 is 0 Å². The molecule has 2 amide bonds. The Morgan fingerprint density at radius 3 is 1.72 bits per heavy atom. The zero-order valence-electron chi connectivity index (χ0n) is 9.21. The van der Waals surface area contributed by atoms with Crippen LogP contribution in [-0.2, 0) is 0 Å². The van der Waals surface area contributed by atoms with E-state index in [1.807, 2.05) is 0 Å². The van der Waals surface area contributed by atoms with Crippen LogP contribution in [0.3, 0.4) is 0 Å². The summed E-state index contributed by atoms with van der Waals surface area (Å²) in [5.74, 6) is -2.21. The quantitative estimate of drug-likeness (QED) is 0.510. The van der Waals surface area contributed by atoms with Gasteiger partial charge in [0.15, 0.2) is 11.5 Å². The second kappa shape index (κ2) is 3.16. The second-order valence-electron chi connectivity index (χ2n) is 3.87. The lowest BCUT2D eigenvalue weighted by atomic mass is 10.1. The monoisotopic (exact) mass is 245 g/mol. The van der Waals surface area contributed by atoms with Gasteiger partial charge in [0, 0.05) is 19.4 Å². The Balaban J connectivity index is 2.55. The summed E-state index contributed by atoms with van der Waals surface area (Å²) in [6, 6.07) is 0. The minimum Gasteiger partial charge on any atom is -0.505 e. The number of phenolic OH excluding ortho intramolecular Hbond substituents is 2. The van der Waals surface area contributed by atoms with Gasteiger partial charge in [-0.25, -0.2) is 9.97 Å². The van der Waals surface area contributed by atoms with Crippen LogP contribution < -0.4 is 0 Å². The Bertz CT molecular complexity index is 665. The number of benzene rings is 1. The largest absolute Gasteiger partial charge is 0.505 e. The van der Waals surface area contributed by atoms with Crippen LogP contribution in [0.4, 0.5) is 0 Å². The number of rotatable bonds is 0. The molecular weight excluding hydrogens is 238 g/mol. The summed E-state index contributed by atoms with van der Waals surface area (Å²) in [6.45, 7) is 0. The molecule has 0 radical (unpaired) electrons. The summed E-state index contributed by atoms with van der Waals surface area (Å²) in [7, 11) is 1.27. The molecule has 7 nitrogen and oxygen atoms in total. The predicted octanol–water partition coefficient (Wildman–Crippen LogP) is 0.267. The number of imide groups is 1. The maximum atomic E-state index is 11.8. The first-order valence-electron chi connectivity index (χ1n) is 5.05. The van der Waals surface area contributed by atoms with Crippen molar-refractivity contribution >= 4 is 22.8 Å². The van der Waals surface area contributed by atoms with Gasteiger partial charge in [-0.2, -0.15) is 0 Å². The van der Waals surface area contributed by atoms with Gasteiger partial charge in [0.1, 0.15) is 22.2 Å². The normalized spacial score (nSPS) is 14.4. The van der Waals surface area contributed by atoms with Crippen molar-refractivity contribution in [3.63, 3.8) is 0 Å². The first kappa shape index (κ1) is 10.5. The van der Waals surface area contributed by atoms with Crippen molar-refractivity contribution in [3.8, 4) is 11.5 Å². The maximum Gasteiger partial charge on any atom is 0.265 e. The summed E-state index contributed by atoms with van der Waals surface area (Å²) in [6.07, 6.45) is 2.64. The zero-order valence-corrected chi connectivity index (χ0v) is 9.21. The highest BCUT2D eigenvalue weighted by Crippen LogP contribution is 2.41. The average Bonchev–Trinajstić information content (AvgIpc) is 2.61. The van der Waals surface area contributed by atoms with Crippen LogP contribution in [0.25, 0.3) is 11.0 Å². The fourth-order valence-corrected chi connectivity index (χ4v) is 2.00. The van der Waals surface area contributed by atoms with Gasteiger partial charge in [-0.15, -0.1) is 0 Å². The first-order chi connectivity index (χ1) is 8.54. The van der Waals surface area contributed by atoms with Crippen LogP contribution in [0, 0.1) is 0 Å². The van der Waals surface area contributed by atoms with E-state index in [2.05, 4.69) is 9.97 Å². The SMILES string of the molecule is CN1C(=O)c2c(c(O)c3nccnc3c2O)C1=O. The Morgan fingerprint density at radius 1 is 0.944 bits per heavy atom. The molecule has 1 aliphatic heterocycles. The van der Waals surface area contributed by atoms with Gasteiger partial charge in [0.2, 0.25) is 0 Å². The summed E-state index contributed by atoms with van der Waals surface area (Å²) in [5.41, 5.74) is -0.476. The molecule has 1 aromatic heterocycles. The molecule has 0 aliphatic carbocycles. The molecule has 0 spiro atoms. The zero-order chi connectivity index (χ0) is 13.0. The summed E-state index contributed by atoms with van der Waals surface area (Å²) < 4.78 is 0. The third kappa shape index (κ3) is 1.03. The molecule has 7 heteroatoms. The molecule has 0 fully saturated rings. The molecule has 1 aliphatic rings. The van der Waals surface area contributed by atoms with Crippen molar-refractivity contribution in [1.29, 1.82) is 0 Å². The van der Waals surface area contributed by atoms with Gasteiger partial charge in [-0.1, -0.05) is 0 Å². The van der Waals surface area contributed by atoms with E-state index in [1.54, 1.807) is 0 Å². The highest BCUT2D eigenvalue weighted by molar-refractivity contribution is 6.26. The lowest BCUT2D eigenvalue weighted by Crippen LogP contribution is -2.24. The van der Waals surface area contributed by atoms with E-state index >= 15 is 0 Å². The number of hydrogen-bond acceptors (Lipinski definition) is 6. The lowest BCUT2D eigenvalue weighted by Gasteiger charge is -2.05. The molecule has 3 rings (SSSR count). The third-order valence-electron chi connectivity index (χ3n) is 2.91. The molecule has 0 unspecified atom stereocenters. The molecule has 90 valence electrons. The molecule has 18 heavy (non-hydrogen) atoms. The fraction of sp³-hybridized carbons (Fsp3) is 0.0909. The molecule has 0 saturated heterocycles. The van der Waals surface area contributed by atoms with Crippen LogP contribution in [0.15, 0.2) is 12.4 Å². The number of aromatic hydroxyl groups is 2. The number of carbonyl (C=O) groups excluding carboxylic acids is 2. The Morgan fingerprint density at radius 2 is 1.33 bits per heavy atom. The Kier molecular flexibility index (Phi) is 1.83. The molecule has 2 N–H and O–H groups in total. The number of nitrogens with zero attached hydrogens (tertiary/aromatic N) is 3. The minimum atomic E-state index is -0.671. The van der Waals surface area contributed by atoms with Gasteiger partial charge < -0.3 is 10.2 Å². The van der Waals surface area contributed by atoms with Crippen molar-refractivity contribution in [2.75, 3.05) is 7.05 Å². The molecule has 0 saturated carbocycles. The third-order valence-corrected chi connectivity index (χ3v) is 2.91. The van der Waals surface area contributed by atoms with Crippen molar-refractivity contribution in [2.24, 2.45) is 0 Å². The van der Waals surface area contributed by atoms with Gasteiger partial charge in [0.05, 0.1) is 0 Å². The van der Waals surface area contributed by atoms with Crippen molar-refractivity contribution in [1.82, 2.24) is 14.9 Å². The molecule has 1 aromatic carbocycles.